The molecule has 0 radical (unpaired) electrons. The highest BCUT2D eigenvalue weighted by Crippen LogP contribution is 2.37. The Morgan fingerprint density at radius 2 is 1.97 bits per heavy atom. The average molecular weight is 422 g/mol. The maximum Gasteiger partial charge on any atom is 0.306 e. The first kappa shape index (κ1) is 21.1. The number of thiophene rings is 1. The highest BCUT2D eigenvalue weighted by atomic mass is 32.1. The number of esters is 1. The van der Waals surface area contributed by atoms with Crippen LogP contribution in [0.4, 0.5) is 0 Å². The summed E-state index contributed by atoms with van der Waals surface area (Å²) < 4.78 is 6.39. The van der Waals surface area contributed by atoms with Crippen LogP contribution >= 0.6 is 11.3 Å². The molecule has 30 heavy (non-hydrogen) atoms. The van der Waals surface area contributed by atoms with Gasteiger partial charge in [-0.15, -0.1) is 11.3 Å². The molecule has 4 rings (SSSR count). The first-order chi connectivity index (χ1) is 14.6. The molecule has 3 nitrogen and oxygen atoms in total. The van der Waals surface area contributed by atoms with Gasteiger partial charge in [0.15, 0.2) is 0 Å². The Morgan fingerprint density at radius 1 is 1.17 bits per heavy atom. The normalized spacial score (nSPS) is 19.8. The van der Waals surface area contributed by atoms with E-state index in [1.807, 2.05) is 18.3 Å². The number of carbonyl (C=O) groups excluding carboxylic acids is 1. The predicted octanol–water partition coefficient (Wildman–Crippen LogP) is 6.38. The van der Waals surface area contributed by atoms with Crippen LogP contribution in [0.1, 0.15) is 68.2 Å². The van der Waals surface area contributed by atoms with Crippen molar-refractivity contribution in [2.45, 2.75) is 64.0 Å². The number of ether oxygens (including phenoxy) is 1. The molecule has 1 N–H and O–H groups in total. The zero-order valence-electron chi connectivity index (χ0n) is 17.9. The summed E-state index contributed by atoms with van der Waals surface area (Å²) in [4.78, 5) is 11.5. The number of carbonyl (C=O) groups is 1. The SMILES string of the molecule is CCOC(=O)CCc1ccc([C@H]2CC[C@H](NC(C)c3csc4ccccc34)C2)cc1. The molecule has 0 saturated heterocycles. The van der Waals surface area contributed by atoms with Gasteiger partial charge in [-0.3, -0.25) is 4.79 Å². The molecule has 3 aromatic rings. The third-order valence-electron chi connectivity index (χ3n) is 6.27. The van der Waals surface area contributed by atoms with Crippen LogP contribution in [0.2, 0.25) is 0 Å². The maximum absolute atomic E-state index is 11.5. The van der Waals surface area contributed by atoms with Crippen LogP contribution in [0.5, 0.6) is 0 Å². The number of benzene rings is 2. The van der Waals surface area contributed by atoms with Gasteiger partial charge in [-0.05, 0) is 79.0 Å². The third-order valence-corrected chi connectivity index (χ3v) is 7.25. The van der Waals surface area contributed by atoms with E-state index in [-0.39, 0.29) is 5.97 Å². The van der Waals surface area contributed by atoms with E-state index in [4.69, 9.17) is 4.74 Å². The lowest BCUT2D eigenvalue weighted by atomic mass is 9.95. The molecule has 1 saturated carbocycles. The summed E-state index contributed by atoms with van der Waals surface area (Å²) in [6, 6.07) is 18.5. The summed E-state index contributed by atoms with van der Waals surface area (Å²) in [7, 11) is 0. The fraction of sp³-hybridized carbons (Fsp3) is 0.423. The van der Waals surface area contributed by atoms with Gasteiger partial charge < -0.3 is 10.1 Å². The van der Waals surface area contributed by atoms with Crippen LogP contribution in [0.3, 0.4) is 0 Å². The summed E-state index contributed by atoms with van der Waals surface area (Å²) in [5, 5.41) is 7.58. The van der Waals surface area contributed by atoms with E-state index in [0.29, 0.717) is 31.0 Å². The smallest absolute Gasteiger partial charge is 0.306 e. The third kappa shape index (κ3) is 4.93. The van der Waals surface area contributed by atoms with Gasteiger partial charge in [0.2, 0.25) is 0 Å². The molecule has 1 fully saturated rings. The van der Waals surface area contributed by atoms with Gasteiger partial charge in [0.05, 0.1) is 6.61 Å². The van der Waals surface area contributed by atoms with E-state index in [9.17, 15) is 4.79 Å². The first-order valence-corrected chi connectivity index (χ1v) is 12.0. The summed E-state index contributed by atoms with van der Waals surface area (Å²) >= 11 is 1.84. The van der Waals surface area contributed by atoms with Gasteiger partial charge in [-0.2, -0.15) is 0 Å². The fourth-order valence-corrected chi connectivity index (χ4v) is 5.70. The van der Waals surface area contributed by atoms with Crippen LogP contribution in [-0.2, 0) is 16.0 Å². The van der Waals surface area contributed by atoms with Gasteiger partial charge >= 0.3 is 5.97 Å². The number of nitrogens with one attached hydrogen (secondary N) is 1. The molecule has 0 amide bonds. The Kier molecular flexibility index (Phi) is 6.86. The zero-order chi connectivity index (χ0) is 20.9. The van der Waals surface area contributed by atoms with Gasteiger partial charge in [0.25, 0.3) is 0 Å². The van der Waals surface area contributed by atoms with Gasteiger partial charge in [-0.1, -0.05) is 42.5 Å². The number of rotatable bonds is 8. The van der Waals surface area contributed by atoms with Crippen molar-refractivity contribution in [3.05, 3.63) is 70.6 Å². The molecule has 0 bridgehead atoms. The standard InChI is InChI=1S/C26H31NO2S/c1-3-29-26(28)15-10-19-8-11-20(12-9-19)21-13-14-22(16-21)27-18(2)24-17-30-25-7-5-4-6-23(24)25/h4-9,11-12,17-18,21-22,27H,3,10,13-16H2,1-2H3/t18?,21-,22-/m0/s1. The van der Waals surface area contributed by atoms with Crippen molar-refractivity contribution >= 4 is 27.4 Å². The summed E-state index contributed by atoms with van der Waals surface area (Å²) in [5.41, 5.74) is 4.05. The van der Waals surface area contributed by atoms with Crippen molar-refractivity contribution in [2.75, 3.05) is 6.61 Å². The van der Waals surface area contributed by atoms with E-state index in [1.165, 1.54) is 46.0 Å². The molecule has 1 heterocycles. The van der Waals surface area contributed by atoms with Crippen molar-refractivity contribution in [1.82, 2.24) is 5.32 Å². The van der Waals surface area contributed by atoms with Crippen molar-refractivity contribution in [3.8, 4) is 0 Å². The molecule has 0 aliphatic heterocycles. The largest absolute Gasteiger partial charge is 0.466 e. The minimum atomic E-state index is -0.112. The number of hydrogen-bond acceptors (Lipinski definition) is 4. The van der Waals surface area contributed by atoms with E-state index < -0.39 is 0 Å². The lowest BCUT2D eigenvalue weighted by molar-refractivity contribution is -0.143. The lowest BCUT2D eigenvalue weighted by Gasteiger charge is -2.20. The van der Waals surface area contributed by atoms with Gasteiger partial charge in [0.1, 0.15) is 0 Å². The monoisotopic (exact) mass is 421 g/mol. The summed E-state index contributed by atoms with van der Waals surface area (Å²) in [5.74, 6) is 0.506. The van der Waals surface area contributed by atoms with E-state index in [2.05, 4.69) is 66.2 Å². The lowest BCUT2D eigenvalue weighted by Crippen LogP contribution is -2.29. The highest BCUT2D eigenvalue weighted by Gasteiger charge is 2.27. The average Bonchev–Trinajstić information content (AvgIpc) is 3.40. The molecule has 1 aromatic heterocycles. The molecule has 2 aromatic carbocycles. The molecular formula is C26H31NO2S. The van der Waals surface area contributed by atoms with Crippen molar-refractivity contribution in [1.29, 1.82) is 0 Å². The molecule has 158 valence electrons. The van der Waals surface area contributed by atoms with E-state index >= 15 is 0 Å². The number of aryl methyl sites for hydroxylation is 1. The van der Waals surface area contributed by atoms with Crippen molar-refractivity contribution in [2.24, 2.45) is 0 Å². The number of hydrogen-bond donors (Lipinski definition) is 1. The van der Waals surface area contributed by atoms with Crippen molar-refractivity contribution < 1.29 is 9.53 Å². The molecule has 4 heteroatoms. The quantitative estimate of drug-likeness (QED) is 0.429. The number of fused-ring (bicyclic) bond motifs is 1. The summed E-state index contributed by atoms with van der Waals surface area (Å²) in [6.07, 6.45) is 4.85. The fourth-order valence-electron chi connectivity index (χ4n) is 4.65. The highest BCUT2D eigenvalue weighted by molar-refractivity contribution is 7.17. The first-order valence-electron chi connectivity index (χ1n) is 11.1. The Hall–Kier alpha value is -2.17. The minimum Gasteiger partial charge on any atom is -0.466 e. The van der Waals surface area contributed by atoms with Gasteiger partial charge in [-0.25, -0.2) is 0 Å². The second kappa shape index (κ2) is 9.76. The van der Waals surface area contributed by atoms with Crippen LogP contribution in [0.25, 0.3) is 10.1 Å². The molecule has 1 unspecified atom stereocenters. The topological polar surface area (TPSA) is 38.3 Å². The molecule has 0 spiro atoms. The van der Waals surface area contributed by atoms with Crippen LogP contribution in [0.15, 0.2) is 53.9 Å². The van der Waals surface area contributed by atoms with Crippen LogP contribution in [0, 0.1) is 0 Å². The van der Waals surface area contributed by atoms with Crippen LogP contribution in [-0.4, -0.2) is 18.6 Å². The Balaban J connectivity index is 1.31. The molecular weight excluding hydrogens is 390 g/mol. The minimum absolute atomic E-state index is 0.112. The van der Waals surface area contributed by atoms with E-state index in [0.717, 1.165) is 6.42 Å². The predicted molar refractivity (Wildman–Crippen MR) is 125 cm³/mol. The van der Waals surface area contributed by atoms with Gasteiger partial charge in [0, 0.05) is 23.2 Å². The van der Waals surface area contributed by atoms with E-state index in [1.54, 1.807) is 0 Å². The Morgan fingerprint density at radius 3 is 2.77 bits per heavy atom. The summed E-state index contributed by atoms with van der Waals surface area (Å²) in [6.45, 7) is 4.59. The zero-order valence-corrected chi connectivity index (χ0v) is 18.7. The molecule has 1 aliphatic carbocycles. The second-order valence-corrected chi connectivity index (χ2v) is 9.24. The maximum atomic E-state index is 11.5. The molecule has 1 aliphatic rings. The van der Waals surface area contributed by atoms with Crippen molar-refractivity contribution in [3.63, 3.8) is 0 Å². The second-order valence-electron chi connectivity index (χ2n) is 8.33. The Bertz CT molecular complexity index is 978. The molecule has 3 atom stereocenters. The van der Waals surface area contributed by atoms with Crippen LogP contribution < -0.4 is 5.32 Å². The Labute approximate surface area is 183 Å².